The highest BCUT2D eigenvalue weighted by molar-refractivity contribution is 5.38. The van der Waals surface area contributed by atoms with E-state index >= 15 is 0 Å². The van der Waals surface area contributed by atoms with E-state index in [4.69, 9.17) is 0 Å². The van der Waals surface area contributed by atoms with Crippen LogP contribution in [-0.4, -0.2) is 0 Å². The lowest BCUT2D eigenvalue weighted by atomic mass is 9.99. The predicted octanol–water partition coefficient (Wildman–Crippen LogP) is 3.16. The minimum Gasteiger partial charge on any atom is -0.0747 e. The van der Waals surface area contributed by atoms with Gasteiger partial charge in [0.1, 0.15) is 0 Å². The quantitative estimate of drug-likeness (QED) is 0.519. The molecule has 1 rings (SSSR count). The molecule has 0 amide bonds. The van der Waals surface area contributed by atoms with Gasteiger partial charge in [-0.15, -0.1) is 0 Å². The highest BCUT2D eigenvalue weighted by Gasteiger charge is 2.12. The van der Waals surface area contributed by atoms with Crippen molar-refractivity contribution in [3.63, 3.8) is 0 Å². The molecule has 0 nitrogen and oxygen atoms in total. The first-order valence-corrected chi connectivity index (χ1v) is 4.01. The Hall–Kier alpha value is -0.520. The molecule has 0 radical (unpaired) electrons. The number of hydrogen-bond donors (Lipinski definition) is 0. The summed E-state index contributed by atoms with van der Waals surface area (Å²) in [5.41, 5.74) is 3.01. The van der Waals surface area contributed by atoms with Crippen molar-refractivity contribution < 1.29 is 0 Å². The van der Waals surface area contributed by atoms with Gasteiger partial charge >= 0.3 is 0 Å². The maximum atomic E-state index is 2.36. The van der Waals surface area contributed by atoms with Gasteiger partial charge < -0.3 is 0 Å². The van der Waals surface area contributed by atoms with Crippen molar-refractivity contribution in [3.05, 3.63) is 23.3 Å². The van der Waals surface area contributed by atoms with Crippen molar-refractivity contribution in [3.8, 4) is 0 Å². The molecule has 0 bridgehead atoms. The van der Waals surface area contributed by atoms with Crippen molar-refractivity contribution in [2.24, 2.45) is 11.8 Å². The Morgan fingerprint density at radius 1 is 1.30 bits per heavy atom. The summed E-state index contributed by atoms with van der Waals surface area (Å²) in [5, 5.41) is 0. The van der Waals surface area contributed by atoms with Crippen LogP contribution in [0.1, 0.15) is 27.7 Å². The monoisotopic (exact) mass is 136 g/mol. The zero-order chi connectivity index (χ0) is 7.72. The van der Waals surface area contributed by atoms with Gasteiger partial charge in [-0.25, -0.2) is 0 Å². The lowest BCUT2D eigenvalue weighted by Crippen LogP contribution is -1.91. The van der Waals surface area contributed by atoms with E-state index in [9.17, 15) is 0 Å². The van der Waals surface area contributed by atoms with Crippen LogP contribution in [0.25, 0.3) is 0 Å². The molecule has 0 heteroatoms. The van der Waals surface area contributed by atoms with Gasteiger partial charge in [0.2, 0.25) is 0 Å². The zero-order valence-corrected chi connectivity index (χ0v) is 7.31. The van der Waals surface area contributed by atoms with Crippen molar-refractivity contribution in [2.45, 2.75) is 27.7 Å². The summed E-state index contributed by atoms with van der Waals surface area (Å²) in [4.78, 5) is 0. The van der Waals surface area contributed by atoms with E-state index in [0.717, 1.165) is 0 Å². The molecule has 1 atom stereocenters. The average molecular weight is 136 g/mol. The third kappa shape index (κ3) is 1.31. The van der Waals surface area contributed by atoms with Crippen LogP contribution in [-0.2, 0) is 0 Å². The van der Waals surface area contributed by atoms with Gasteiger partial charge in [0, 0.05) is 0 Å². The Balaban J connectivity index is 2.80. The van der Waals surface area contributed by atoms with E-state index in [-0.39, 0.29) is 0 Å². The van der Waals surface area contributed by atoms with Gasteiger partial charge in [0.15, 0.2) is 0 Å². The van der Waals surface area contributed by atoms with Crippen LogP contribution in [0.4, 0.5) is 0 Å². The second kappa shape index (κ2) is 2.61. The lowest BCUT2D eigenvalue weighted by molar-refractivity contribution is 0.776. The minimum atomic E-state index is 0.664. The fourth-order valence-electron chi connectivity index (χ4n) is 1.60. The predicted molar refractivity (Wildman–Crippen MR) is 45.8 cm³/mol. The molecule has 56 valence electrons. The summed E-state index contributed by atoms with van der Waals surface area (Å²) in [6.07, 6.45) is 4.69. The largest absolute Gasteiger partial charge is 0.0747 e. The van der Waals surface area contributed by atoms with E-state index in [1.54, 1.807) is 0 Å². The number of allylic oxidation sites excluding steroid dienone is 4. The van der Waals surface area contributed by atoms with E-state index in [0.29, 0.717) is 11.8 Å². The maximum Gasteiger partial charge on any atom is -0.00701 e. The third-order valence-corrected chi connectivity index (χ3v) is 2.03. The van der Waals surface area contributed by atoms with Crippen molar-refractivity contribution in [2.75, 3.05) is 0 Å². The second-order valence-electron chi connectivity index (χ2n) is 3.49. The summed E-state index contributed by atoms with van der Waals surface area (Å²) >= 11 is 0. The molecule has 1 unspecified atom stereocenters. The standard InChI is InChI=1S/C10H16/c1-7(2)10-6-8(3)5-9(10)4/h5-8H,1-4H3. The van der Waals surface area contributed by atoms with E-state index in [1.165, 1.54) is 11.1 Å². The first-order chi connectivity index (χ1) is 4.61. The molecule has 0 saturated heterocycles. The summed E-state index contributed by atoms with van der Waals surface area (Å²) in [5.74, 6) is 1.36. The van der Waals surface area contributed by atoms with E-state index < -0.39 is 0 Å². The zero-order valence-electron chi connectivity index (χ0n) is 7.31. The third-order valence-electron chi connectivity index (χ3n) is 2.03. The molecule has 0 saturated carbocycles. The average Bonchev–Trinajstić information content (AvgIpc) is 2.10. The fraction of sp³-hybridized carbons (Fsp3) is 0.600. The molecular weight excluding hydrogens is 120 g/mol. The molecule has 0 aromatic carbocycles. The molecule has 0 N–H and O–H groups in total. The molecule has 0 heterocycles. The molecule has 0 aromatic heterocycles. The number of hydrogen-bond acceptors (Lipinski definition) is 0. The molecule has 10 heavy (non-hydrogen) atoms. The van der Waals surface area contributed by atoms with Crippen LogP contribution in [0.15, 0.2) is 23.3 Å². The van der Waals surface area contributed by atoms with Crippen LogP contribution >= 0.6 is 0 Å². The van der Waals surface area contributed by atoms with Crippen molar-refractivity contribution in [1.29, 1.82) is 0 Å². The van der Waals surface area contributed by atoms with Crippen molar-refractivity contribution in [1.82, 2.24) is 0 Å². The lowest BCUT2D eigenvalue weighted by Gasteiger charge is -2.06. The van der Waals surface area contributed by atoms with Crippen LogP contribution in [0, 0.1) is 11.8 Å². The van der Waals surface area contributed by atoms with Gasteiger partial charge in [-0.1, -0.05) is 38.5 Å². The molecular formula is C10H16. The molecule has 1 aliphatic rings. The summed E-state index contributed by atoms with van der Waals surface area (Å²) < 4.78 is 0. The van der Waals surface area contributed by atoms with Crippen LogP contribution in [0.3, 0.4) is 0 Å². The topological polar surface area (TPSA) is 0 Å². The fourth-order valence-corrected chi connectivity index (χ4v) is 1.60. The Labute approximate surface area is 63.6 Å². The summed E-state index contributed by atoms with van der Waals surface area (Å²) in [7, 11) is 0. The van der Waals surface area contributed by atoms with Crippen LogP contribution < -0.4 is 0 Å². The SMILES string of the molecule is CC1=CC(C)C=C1C(C)C. The Bertz CT molecular complexity index is 182. The molecule has 0 aliphatic heterocycles. The van der Waals surface area contributed by atoms with Gasteiger partial charge in [0.05, 0.1) is 0 Å². The van der Waals surface area contributed by atoms with Crippen LogP contribution in [0.5, 0.6) is 0 Å². The van der Waals surface area contributed by atoms with E-state index in [2.05, 4.69) is 39.8 Å². The second-order valence-corrected chi connectivity index (χ2v) is 3.49. The van der Waals surface area contributed by atoms with Gasteiger partial charge in [0.25, 0.3) is 0 Å². The Morgan fingerprint density at radius 3 is 2.10 bits per heavy atom. The first-order valence-electron chi connectivity index (χ1n) is 4.01. The molecule has 0 fully saturated rings. The Morgan fingerprint density at radius 2 is 1.90 bits per heavy atom. The van der Waals surface area contributed by atoms with Crippen LogP contribution in [0.2, 0.25) is 0 Å². The maximum absolute atomic E-state index is 2.36. The van der Waals surface area contributed by atoms with Crippen molar-refractivity contribution >= 4 is 0 Å². The Kier molecular flexibility index (Phi) is 1.98. The van der Waals surface area contributed by atoms with Gasteiger partial charge in [-0.05, 0) is 24.3 Å². The normalized spacial score (nSPS) is 25.1. The first kappa shape index (κ1) is 7.59. The highest BCUT2D eigenvalue weighted by Crippen LogP contribution is 2.28. The molecule has 1 aliphatic carbocycles. The van der Waals surface area contributed by atoms with Gasteiger partial charge in [-0.3, -0.25) is 0 Å². The molecule has 0 spiro atoms. The molecule has 0 aromatic rings. The summed E-state index contributed by atoms with van der Waals surface area (Å²) in [6, 6.07) is 0. The summed E-state index contributed by atoms with van der Waals surface area (Å²) in [6.45, 7) is 8.94. The highest BCUT2D eigenvalue weighted by atomic mass is 14.2. The van der Waals surface area contributed by atoms with Gasteiger partial charge in [-0.2, -0.15) is 0 Å². The minimum absolute atomic E-state index is 0.664. The smallest absolute Gasteiger partial charge is 0.00701 e. The number of rotatable bonds is 1. The van der Waals surface area contributed by atoms with E-state index in [1.807, 2.05) is 0 Å².